The summed E-state index contributed by atoms with van der Waals surface area (Å²) >= 11 is 6.35. The van der Waals surface area contributed by atoms with Crippen LogP contribution in [0, 0.1) is 0 Å². The molecule has 0 atom stereocenters. The van der Waals surface area contributed by atoms with E-state index in [-0.39, 0.29) is 0 Å². The maximum absolute atomic E-state index is 6.35. The lowest BCUT2D eigenvalue weighted by Gasteiger charge is -2.34. The summed E-state index contributed by atoms with van der Waals surface area (Å²) in [5.41, 5.74) is 3.16. The van der Waals surface area contributed by atoms with Crippen LogP contribution in [0.5, 0.6) is 11.6 Å². The van der Waals surface area contributed by atoms with Crippen LogP contribution in [0.1, 0.15) is 12.8 Å². The topological polar surface area (TPSA) is 77.6 Å². The van der Waals surface area contributed by atoms with E-state index in [2.05, 4.69) is 61.0 Å². The number of piperidine rings is 1. The van der Waals surface area contributed by atoms with Crippen LogP contribution in [0.15, 0.2) is 54.7 Å². The van der Waals surface area contributed by atoms with Crippen molar-refractivity contribution in [3.8, 4) is 11.6 Å². The zero-order valence-electron chi connectivity index (χ0n) is 20.0. The number of likely N-dealkylation sites (N-methyl/N-ethyl adjacent to an activating group) is 1. The Morgan fingerprint density at radius 3 is 2.54 bits per heavy atom. The lowest BCUT2D eigenvalue weighted by molar-refractivity contribution is 0.313. The van der Waals surface area contributed by atoms with E-state index in [0.717, 1.165) is 63.5 Å². The molecular weight excluding hydrogens is 462 g/mol. The number of nitrogens with zero attached hydrogens (tertiary/aromatic N) is 4. The van der Waals surface area contributed by atoms with Crippen molar-refractivity contribution in [3.63, 3.8) is 0 Å². The van der Waals surface area contributed by atoms with Crippen LogP contribution in [-0.2, 0) is 0 Å². The normalized spacial score (nSPS) is 17.3. The predicted molar refractivity (Wildman–Crippen MR) is 143 cm³/mol. The number of halogens is 1. The van der Waals surface area contributed by atoms with Crippen molar-refractivity contribution in [2.45, 2.75) is 18.9 Å². The van der Waals surface area contributed by atoms with Crippen molar-refractivity contribution in [1.29, 1.82) is 0 Å². The minimum Gasteiger partial charge on any atom is -0.437 e. The van der Waals surface area contributed by atoms with Crippen LogP contribution in [0.4, 0.5) is 23.0 Å². The van der Waals surface area contributed by atoms with Gasteiger partial charge in [0.25, 0.3) is 0 Å². The van der Waals surface area contributed by atoms with Gasteiger partial charge in [0.1, 0.15) is 10.8 Å². The van der Waals surface area contributed by atoms with Gasteiger partial charge in [0.05, 0.1) is 6.20 Å². The van der Waals surface area contributed by atoms with Crippen molar-refractivity contribution in [2.75, 3.05) is 61.8 Å². The van der Waals surface area contributed by atoms with E-state index >= 15 is 0 Å². The van der Waals surface area contributed by atoms with Gasteiger partial charge in [-0.25, -0.2) is 4.98 Å². The zero-order valence-corrected chi connectivity index (χ0v) is 20.8. The first-order chi connectivity index (χ1) is 17.1. The molecule has 1 aromatic heterocycles. The summed E-state index contributed by atoms with van der Waals surface area (Å²) in [5.74, 6) is 1.42. The summed E-state index contributed by atoms with van der Waals surface area (Å²) in [5, 5.41) is 10.6. The monoisotopic (exact) mass is 493 g/mol. The summed E-state index contributed by atoms with van der Waals surface area (Å²) in [6.07, 6.45) is 3.77. The Morgan fingerprint density at radius 2 is 1.77 bits per heavy atom. The van der Waals surface area contributed by atoms with E-state index < -0.39 is 0 Å². The number of aromatic nitrogens is 2. The SMILES string of the molecule is CN1CCN(c2ccc(Nc3ncc(Cl)c(Oc4cccc(NC5CCNCC5)c4)n3)cc2)CC1. The number of piperazine rings is 1. The van der Waals surface area contributed by atoms with Gasteiger partial charge in [-0.15, -0.1) is 0 Å². The van der Waals surface area contributed by atoms with Crippen LogP contribution in [0.3, 0.4) is 0 Å². The Morgan fingerprint density at radius 1 is 1.00 bits per heavy atom. The van der Waals surface area contributed by atoms with Crippen LogP contribution in [0.25, 0.3) is 0 Å². The van der Waals surface area contributed by atoms with Gasteiger partial charge in [0.2, 0.25) is 11.8 Å². The average Bonchev–Trinajstić information content (AvgIpc) is 2.88. The molecule has 9 heteroatoms. The molecule has 0 unspecified atom stereocenters. The lowest BCUT2D eigenvalue weighted by Crippen LogP contribution is -2.44. The van der Waals surface area contributed by atoms with E-state index in [4.69, 9.17) is 16.3 Å². The first kappa shape index (κ1) is 23.7. The zero-order chi connectivity index (χ0) is 24.0. The quantitative estimate of drug-likeness (QED) is 0.441. The van der Waals surface area contributed by atoms with Crippen molar-refractivity contribution in [3.05, 3.63) is 59.8 Å². The summed E-state index contributed by atoms with van der Waals surface area (Å²) in [7, 11) is 2.16. The Balaban J connectivity index is 1.23. The van der Waals surface area contributed by atoms with Gasteiger partial charge in [0.15, 0.2) is 0 Å². The molecule has 184 valence electrons. The third-order valence-corrected chi connectivity index (χ3v) is 6.72. The maximum atomic E-state index is 6.35. The van der Waals surface area contributed by atoms with Gasteiger partial charge in [-0.3, -0.25) is 0 Å². The Hall–Kier alpha value is -3.07. The molecule has 2 aliphatic heterocycles. The molecule has 5 rings (SSSR count). The van der Waals surface area contributed by atoms with Crippen LogP contribution in [0.2, 0.25) is 5.02 Å². The van der Waals surface area contributed by atoms with E-state index in [1.807, 2.05) is 30.3 Å². The van der Waals surface area contributed by atoms with Gasteiger partial charge in [0, 0.05) is 55.3 Å². The number of hydrogen-bond donors (Lipinski definition) is 3. The standard InChI is InChI=1S/C26H32ClN7O/c1-33-13-15-34(16-14-33)22-7-5-19(6-8-22)31-26-29-18-24(27)25(32-26)35-23-4-2-3-21(17-23)30-20-9-11-28-12-10-20/h2-8,17-18,20,28,30H,9-16H2,1H3,(H,29,31,32). The van der Waals surface area contributed by atoms with E-state index in [9.17, 15) is 0 Å². The number of rotatable bonds is 7. The molecule has 0 spiro atoms. The fourth-order valence-corrected chi connectivity index (χ4v) is 4.53. The highest BCUT2D eigenvalue weighted by molar-refractivity contribution is 6.31. The molecule has 0 amide bonds. The van der Waals surface area contributed by atoms with Crippen molar-refractivity contribution < 1.29 is 4.74 Å². The Kier molecular flexibility index (Phi) is 7.51. The van der Waals surface area contributed by atoms with Crippen LogP contribution in [-0.4, -0.2) is 67.2 Å². The second-order valence-electron chi connectivity index (χ2n) is 9.11. The molecule has 0 saturated carbocycles. The number of nitrogens with one attached hydrogen (secondary N) is 3. The molecule has 0 aliphatic carbocycles. The summed E-state index contributed by atoms with van der Waals surface area (Å²) in [6, 6.07) is 16.7. The van der Waals surface area contributed by atoms with Gasteiger partial charge in [-0.1, -0.05) is 17.7 Å². The maximum Gasteiger partial charge on any atom is 0.243 e. The number of benzene rings is 2. The molecule has 3 heterocycles. The third-order valence-electron chi connectivity index (χ3n) is 6.46. The van der Waals surface area contributed by atoms with Gasteiger partial charge in [-0.2, -0.15) is 4.98 Å². The van der Waals surface area contributed by atoms with Crippen LogP contribution >= 0.6 is 11.6 Å². The predicted octanol–water partition coefficient (Wildman–Crippen LogP) is 4.58. The van der Waals surface area contributed by atoms with E-state index in [1.165, 1.54) is 5.69 Å². The summed E-state index contributed by atoms with van der Waals surface area (Å²) in [6.45, 7) is 6.33. The minimum absolute atomic E-state index is 0.317. The molecule has 3 aromatic rings. The van der Waals surface area contributed by atoms with Gasteiger partial charge >= 0.3 is 0 Å². The molecule has 8 nitrogen and oxygen atoms in total. The second kappa shape index (κ2) is 11.1. The first-order valence-corrected chi connectivity index (χ1v) is 12.6. The molecule has 2 aromatic carbocycles. The molecule has 0 bridgehead atoms. The molecule has 2 saturated heterocycles. The molecule has 2 aliphatic rings. The fourth-order valence-electron chi connectivity index (χ4n) is 4.40. The van der Waals surface area contributed by atoms with Gasteiger partial charge < -0.3 is 30.5 Å². The van der Waals surface area contributed by atoms with Crippen molar-refractivity contribution in [1.82, 2.24) is 20.2 Å². The largest absolute Gasteiger partial charge is 0.437 e. The first-order valence-electron chi connectivity index (χ1n) is 12.2. The number of hydrogen-bond acceptors (Lipinski definition) is 8. The average molecular weight is 494 g/mol. The smallest absolute Gasteiger partial charge is 0.243 e. The second-order valence-corrected chi connectivity index (χ2v) is 9.51. The van der Waals surface area contributed by atoms with E-state index in [0.29, 0.717) is 28.6 Å². The number of ether oxygens (including phenoxy) is 1. The minimum atomic E-state index is 0.317. The molecule has 35 heavy (non-hydrogen) atoms. The van der Waals surface area contributed by atoms with Crippen molar-refractivity contribution >= 4 is 34.6 Å². The molecular formula is C26H32ClN7O. The fraction of sp³-hybridized carbons (Fsp3) is 0.385. The highest BCUT2D eigenvalue weighted by Crippen LogP contribution is 2.30. The Labute approximate surface area is 211 Å². The summed E-state index contributed by atoms with van der Waals surface area (Å²) in [4.78, 5) is 13.6. The highest BCUT2D eigenvalue weighted by atomic mass is 35.5. The summed E-state index contributed by atoms with van der Waals surface area (Å²) < 4.78 is 6.04. The molecule has 0 radical (unpaired) electrons. The molecule has 3 N–H and O–H groups in total. The van der Waals surface area contributed by atoms with Crippen LogP contribution < -0.4 is 25.6 Å². The van der Waals surface area contributed by atoms with Crippen molar-refractivity contribution in [2.24, 2.45) is 0 Å². The number of anilines is 4. The van der Waals surface area contributed by atoms with E-state index in [1.54, 1.807) is 6.20 Å². The molecule has 2 fully saturated rings. The van der Waals surface area contributed by atoms with Gasteiger partial charge in [-0.05, 0) is 69.4 Å². The third kappa shape index (κ3) is 6.33. The highest BCUT2D eigenvalue weighted by Gasteiger charge is 2.15. The Bertz CT molecular complexity index is 1110. The lowest BCUT2D eigenvalue weighted by atomic mass is 10.1.